The van der Waals surface area contributed by atoms with E-state index in [0.717, 1.165) is 32.1 Å². The fraction of sp³-hybridized carbons (Fsp3) is 0.774. The molecule has 5 rings (SSSR count). The molecule has 8 atom stereocenters. The number of rotatable bonds is 7. The second-order valence-electron chi connectivity index (χ2n) is 13.9. The van der Waals surface area contributed by atoms with Gasteiger partial charge in [-0.1, -0.05) is 40.2 Å². The number of carbonyl (C=O) groups is 1. The summed E-state index contributed by atoms with van der Waals surface area (Å²) in [5.74, 6) is 2.93. The first-order valence-electron chi connectivity index (χ1n) is 14.4. The van der Waals surface area contributed by atoms with Crippen LogP contribution in [-0.4, -0.2) is 34.1 Å². The molecule has 0 radical (unpaired) electrons. The molecule has 0 aliphatic heterocycles. The summed E-state index contributed by atoms with van der Waals surface area (Å²) in [7, 11) is 0. The third kappa shape index (κ3) is 4.82. The topological polar surface area (TPSA) is 78.8 Å². The van der Waals surface area contributed by atoms with E-state index in [-0.39, 0.29) is 17.6 Å². The number of aliphatic hydroxyl groups is 2. The Kier molecular flexibility index (Phi) is 6.73. The largest absolute Gasteiger partial charge is 0.412 e. The molecule has 1 amide bonds. The van der Waals surface area contributed by atoms with Crippen molar-refractivity contribution >= 4 is 6.09 Å². The van der Waals surface area contributed by atoms with Crippen LogP contribution >= 0.6 is 0 Å². The average Bonchev–Trinajstić information content (AvgIpc) is 3.27. The number of hydrogen-bond donors (Lipinski definition) is 3. The van der Waals surface area contributed by atoms with Crippen molar-refractivity contribution in [1.82, 2.24) is 5.32 Å². The van der Waals surface area contributed by atoms with E-state index >= 15 is 0 Å². The highest BCUT2D eigenvalue weighted by Crippen LogP contribution is 2.63. The summed E-state index contributed by atoms with van der Waals surface area (Å²) in [6, 6.07) is 6.02. The minimum atomic E-state index is -0.814. The molecular formula is C31H47NO4. The molecule has 3 saturated carbocycles. The normalized spacial score (nSPS) is 39.1. The second kappa shape index (κ2) is 9.31. The lowest BCUT2D eigenvalue weighted by molar-refractivity contribution is -0.0407. The summed E-state index contributed by atoms with van der Waals surface area (Å²) < 4.78 is 5.65. The smallest absolute Gasteiger partial charge is 0.410 e. The quantitative estimate of drug-likeness (QED) is 0.410. The predicted octanol–water partition coefficient (Wildman–Crippen LogP) is 6.35. The Balaban J connectivity index is 1.38. The van der Waals surface area contributed by atoms with Crippen LogP contribution in [0.3, 0.4) is 0 Å². The summed E-state index contributed by atoms with van der Waals surface area (Å²) in [6.45, 7) is 11.2. The van der Waals surface area contributed by atoms with Crippen LogP contribution in [0.5, 0.6) is 5.75 Å². The molecule has 200 valence electrons. The first-order chi connectivity index (χ1) is 16.9. The molecule has 3 N–H and O–H groups in total. The Morgan fingerprint density at radius 2 is 1.94 bits per heavy atom. The van der Waals surface area contributed by atoms with E-state index in [4.69, 9.17) is 4.74 Å². The molecule has 3 fully saturated rings. The maximum Gasteiger partial charge on any atom is 0.412 e. The molecule has 0 aromatic heterocycles. The van der Waals surface area contributed by atoms with Gasteiger partial charge in [0.05, 0.1) is 17.7 Å². The van der Waals surface area contributed by atoms with Gasteiger partial charge in [-0.25, -0.2) is 4.79 Å². The van der Waals surface area contributed by atoms with E-state index in [1.54, 1.807) is 6.92 Å². The zero-order valence-corrected chi connectivity index (χ0v) is 23.0. The third-order valence-electron chi connectivity index (χ3n) is 10.7. The predicted molar refractivity (Wildman–Crippen MR) is 142 cm³/mol. The molecule has 0 bridgehead atoms. The number of amides is 1. The number of fused-ring (bicyclic) bond motifs is 5. The molecule has 5 heteroatoms. The summed E-state index contributed by atoms with van der Waals surface area (Å²) in [5.41, 5.74) is 2.36. The maximum atomic E-state index is 12.4. The van der Waals surface area contributed by atoms with Crippen LogP contribution in [0.4, 0.5) is 4.79 Å². The number of carbonyl (C=O) groups excluding carboxylic acids is 1. The van der Waals surface area contributed by atoms with E-state index in [2.05, 4.69) is 45.1 Å². The number of aliphatic hydroxyl groups excluding tert-OH is 1. The fourth-order valence-electron chi connectivity index (χ4n) is 8.30. The van der Waals surface area contributed by atoms with Crippen molar-refractivity contribution in [2.45, 2.75) is 122 Å². The van der Waals surface area contributed by atoms with E-state index in [9.17, 15) is 15.0 Å². The van der Waals surface area contributed by atoms with Crippen LogP contribution in [0, 0.1) is 28.6 Å². The third-order valence-corrected chi connectivity index (χ3v) is 10.7. The Morgan fingerprint density at radius 3 is 2.64 bits per heavy atom. The SMILES string of the molecule is CCCC(C)(C)CCC1Cc2cc(OC(=O)NC3CC3(C)O)ccc2C2CCC3(C)C(O)CCC3C12. The van der Waals surface area contributed by atoms with Gasteiger partial charge in [-0.05, 0) is 116 Å². The van der Waals surface area contributed by atoms with Gasteiger partial charge >= 0.3 is 6.09 Å². The Bertz CT molecular complexity index is 987. The first-order valence-corrected chi connectivity index (χ1v) is 14.4. The number of benzene rings is 1. The van der Waals surface area contributed by atoms with Gasteiger partial charge in [0.1, 0.15) is 5.75 Å². The maximum absolute atomic E-state index is 12.4. The van der Waals surface area contributed by atoms with Gasteiger partial charge in [-0.3, -0.25) is 0 Å². The van der Waals surface area contributed by atoms with Crippen molar-refractivity contribution in [3.63, 3.8) is 0 Å². The molecule has 0 heterocycles. The van der Waals surface area contributed by atoms with Gasteiger partial charge in [-0.15, -0.1) is 0 Å². The zero-order chi connectivity index (χ0) is 25.9. The molecule has 0 spiro atoms. The number of nitrogens with one attached hydrogen (secondary N) is 1. The van der Waals surface area contributed by atoms with Gasteiger partial charge in [0.2, 0.25) is 0 Å². The van der Waals surface area contributed by atoms with Crippen LogP contribution in [0.15, 0.2) is 18.2 Å². The van der Waals surface area contributed by atoms with Crippen molar-refractivity contribution in [3.8, 4) is 5.75 Å². The molecule has 1 aromatic carbocycles. The summed E-state index contributed by atoms with van der Waals surface area (Å²) >= 11 is 0. The lowest BCUT2D eigenvalue weighted by atomic mass is 9.52. The summed E-state index contributed by atoms with van der Waals surface area (Å²) in [6.07, 6.45) is 10.2. The lowest BCUT2D eigenvalue weighted by Crippen LogP contribution is -2.47. The Labute approximate surface area is 217 Å². The van der Waals surface area contributed by atoms with Gasteiger partial charge in [-0.2, -0.15) is 0 Å². The highest BCUT2D eigenvalue weighted by molar-refractivity contribution is 5.71. The highest BCUT2D eigenvalue weighted by atomic mass is 16.6. The first kappa shape index (κ1) is 26.0. The van der Waals surface area contributed by atoms with E-state index < -0.39 is 11.7 Å². The molecule has 1 aromatic rings. The number of ether oxygens (including phenoxy) is 1. The van der Waals surface area contributed by atoms with Crippen molar-refractivity contribution in [1.29, 1.82) is 0 Å². The van der Waals surface area contributed by atoms with Crippen molar-refractivity contribution < 1.29 is 19.7 Å². The van der Waals surface area contributed by atoms with E-state index in [1.807, 2.05) is 6.07 Å². The van der Waals surface area contributed by atoms with Crippen LogP contribution in [0.1, 0.15) is 109 Å². The molecular weight excluding hydrogens is 450 g/mol. The van der Waals surface area contributed by atoms with Crippen molar-refractivity contribution in [2.24, 2.45) is 28.6 Å². The summed E-state index contributed by atoms with van der Waals surface area (Å²) in [5, 5.41) is 23.7. The van der Waals surface area contributed by atoms with Gasteiger partial charge < -0.3 is 20.3 Å². The molecule has 4 aliphatic rings. The van der Waals surface area contributed by atoms with Gasteiger partial charge in [0.15, 0.2) is 0 Å². The minimum absolute atomic E-state index is 0.0566. The van der Waals surface area contributed by atoms with Crippen molar-refractivity contribution in [3.05, 3.63) is 29.3 Å². The standard InChI is InChI=1S/C31H47NO4/c1-6-13-29(2,3)14-11-19-16-20-17-21(36-28(34)32-25-18-31(25,5)35)7-8-22(20)23-12-15-30(4)24(27(19)23)9-10-26(30)33/h7-8,17,19,23-27,33,35H,6,9-16,18H2,1-5H3,(H,32,34). The number of hydrogen-bond acceptors (Lipinski definition) is 4. The van der Waals surface area contributed by atoms with E-state index in [1.165, 1.54) is 36.8 Å². The van der Waals surface area contributed by atoms with Crippen LogP contribution in [0.25, 0.3) is 0 Å². The van der Waals surface area contributed by atoms with Crippen LogP contribution in [0.2, 0.25) is 0 Å². The average molecular weight is 498 g/mol. The Morgan fingerprint density at radius 1 is 1.19 bits per heavy atom. The van der Waals surface area contributed by atoms with Crippen molar-refractivity contribution in [2.75, 3.05) is 0 Å². The molecule has 0 saturated heterocycles. The van der Waals surface area contributed by atoms with Gasteiger partial charge in [0.25, 0.3) is 0 Å². The van der Waals surface area contributed by atoms with Crippen LogP contribution < -0.4 is 10.1 Å². The van der Waals surface area contributed by atoms with E-state index in [0.29, 0.717) is 41.3 Å². The fourth-order valence-corrected chi connectivity index (χ4v) is 8.30. The Hall–Kier alpha value is -1.59. The zero-order valence-electron chi connectivity index (χ0n) is 23.0. The summed E-state index contributed by atoms with van der Waals surface area (Å²) in [4.78, 5) is 12.4. The second-order valence-corrected chi connectivity index (χ2v) is 13.9. The molecule has 5 nitrogen and oxygen atoms in total. The molecule has 8 unspecified atom stereocenters. The van der Waals surface area contributed by atoms with Gasteiger partial charge in [0, 0.05) is 6.42 Å². The minimum Gasteiger partial charge on any atom is -0.410 e. The molecule has 36 heavy (non-hydrogen) atoms. The highest BCUT2D eigenvalue weighted by Gasteiger charge is 2.56. The monoisotopic (exact) mass is 497 g/mol. The molecule has 4 aliphatic carbocycles. The lowest BCUT2D eigenvalue weighted by Gasteiger charge is -2.53. The van der Waals surface area contributed by atoms with Crippen LogP contribution in [-0.2, 0) is 6.42 Å².